The normalized spacial score (nSPS) is 26.3. The molecule has 3 N–H and O–H groups in total. The highest BCUT2D eigenvalue weighted by Crippen LogP contribution is 2.31. The van der Waals surface area contributed by atoms with Gasteiger partial charge < -0.3 is 15.8 Å². The van der Waals surface area contributed by atoms with Crippen LogP contribution in [0, 0.1) is 5.92 Å². The number of hydrogen-bond donors (Lipinski definition) is 2. The van der Waals surface area contributed by atoms with Crippen LogP contribution < -0.4 is 11.1 Å². The maximum Gasteiger partial charge on any atom is 0.234 e. The third-order valence-corrected chi connectivity index (χ3v) is 5.00. The number of likely N-dealkylation sites (tertiary alicyclic amines) is 1. The van der Waals surface area contributed by atoms with Crippen LogP contribution in [0.5, 0.6) is 0 Å². The summed E-state index contributed by atoms with van der Waals surface area (Å²) in [4.78, 5) is 14.5. The smallest absolute Gasteiger partial charge is 0.234 e. The molecule has 1 aromatic carbocycles. The molecular weight excluding hydrogens is 290 g/mol. The average Bonchev–Trinajstić information content (AvgIpc) is 2.99. The number of nitrogens with two attached hydrogens (primary N) is 1. The molecule has 2 saturated heterocycles. The molecule has 0 aromatic heterocycles. The first kappa shape index (κ1) is 16.4. The number of carbonyl (C=O) groups excluding carboxylic acids is 1. The quantitative estimate of drug-likeness (QED) is 0.849. The van der Waals surface area contributed by atoms with E-state index in [0.29, 0.717) is 24.9 Å². The molecule has 0 bridgehead atoms. The van der Waals surface area contributed by atoms with E-state index in [2.05, 4.69) is 34.5 Å². The first-order chi connectivity index (χ1) is 11.3. The van der Waals surface area contributed by atoms with Crippen molar-refractivity contribution in [3.63, 3.8) is 0 Å². The van der Waals surface area contributed by atoms with E-state index in [4.69, 9.17) is 10.5 Å². The van der Waals surface area contributed by atoms with Gasteiger partial charge in [0.2, 0.25) is 5.91 Å². The van der Waals surface area contributed by atoms with Crippen molar-refractivity contribution >= 4 is 5.91 Å². The lowest BCUT2D eigenvalue weighted by Crippen LogP contribution is -2.43. The summed E-state index contributed by atoms with van der Waals surface area (Å²) in [5.74, 6) is 0.978. The minimum Gasteiger partial charge on any atom is -0.381 e. The molecule has 2 fully saturated rings. The third-order valence-electron chi connectivity index (χ3n) is 5.00. The lowest BCUT2D eigenvalue weighted by atomic mass is 9.89. The van der Waals surface area contributed by atoms with Gasteiger partial charge in [-0.3, -0.25) is 9.69 Å². The van der Waals surface area contributed by atoms with Gasteiger partial charge in [-0.05, 0) is 30.9 Å². The highest BCUT2D eigenvalue weighted by molar-refractivity contribution is 5.78. The molecule has 0 spiro atoms. The van der Waals surface area contributed by atoms with Crippen molar-refractivity contribution in [2.24, 2.45) is 11.7 Å². The summed E-state index contributed by atoms with van der Waals surface area (Å²) in [6.45, 7) is 4.44. The Morgan fingerprint density at radius 2 is 1.96 bits per heavy atom. The topological polar surface area (TPSA) is 67.6 Å². The summed E-state index contributed by atoms with van der Waals surface area (Å²) < 4.78 is 5.33. The second-order valence-corrected chi connectivity index (χ2v) is 6.66. The first-order valence-corrected chi connectivity index (χ1v) is 8.60. The van der Waals surface area contributed by atoms with Crippen LogP contribution in [0.1, 0.15) is 24.3 Å². The van der Waals surface area contributed by atoms with Gasteiger partial charge in [-0.15, -0.1) is 0 Å². The molecule has 2 aliphatic rings. The molecular formula is C18H27N3O2. The van der Waals surface area contributed by atoms with Crippen molar-refractivity contribution in [1.82, 2.24) is 10.2 Å². The number of nitrogens with zero attached hydrogens (tertiary/aromatic N) is 1. The summed E-state index contributed by atoms with van der Waals surface area (Å²) in [5.41, 5.74) is 7.29. The Bertz CT molecular complexity index is 502. The molecule has 2 aliphatic heterocycles. The number of carbonyl (C=O) groups is 1. The Morgan fingerprint density at radius 1 is 1.22 bits per heavy atom. The van der Waals surface area contributed by atoms with E-state index in [1.165, 1.54) is 5.56 Å². The molecule has 2 atom stereocenters. The number of amides is 1. The SMILES string of the molecule is NC[C@@H]1CN(CC(=O)NC2CCOCC2)C[C@H]1c1ccccc1. The molecule has 1 aromatic rings. The van der Waals surface area contributed by atoms with Gasteiger partial charge in [-0.1, -0.05) is 30.3 Å². The van der Waals surface area contributed by atoms with Gasteiger partial charge in [-0.2, -0.15) is 0 Å². The van der Waals surface area contributed by atoms with Crippen molar-refractivity contribution in [3.8, 4) is 0 Å². The summed E-state index contributed by atoms with van der Waals surface area (Å²) in [6, 6.07) is 10.8. The molecule has 5 heteroatoms. The molecule has 1 amide bonds. The van der Waals surface area contributed by atoms with E-state index in [1.54, 1.807) is 0 Å². The van der Waals surface area contributed by atoms with Crippen molar-refractivity contribution < 1.29 is 9.53 Å². The van der Waals surface area contributed by atoms with Crippen LogP contribution in [-0.4, -0.2) is 56.2 Å². The van der Waals surface area contributed by atoms with Crippen LogP contribution in [0.4, 0.5) is 0 Å². The maximum atomic E-state index is 12.3. The van der Waals surface area contributed by atoms with Crippen LogP contribution in [0.2, 0.25) is 0 Å². The van der Waals surface area contributed by atoms with Gasteiger partial charge in [0.1, 0.15) is 0 Å². The monoisotopic (exact) mass is 317 g/mol. The fourth-order valence-corrected chi connectivity index (χ4v) is 3.72. The van der Waals surface area contributed by atoms with Crippen LogP contribution >= 0.6 is 0 Å². The predicted molar refractivity (Wildman–Crippen MR) is 90.2 cm³/mol. The van der Waals surface area contributed by atoms with Gasteiger partial charge >= 0.3 is 0 Å². The Labute approximate surface area is 138 Å². The molecule has 5 nitrogen and oxygen atoms in total. The van der Waals surface area contributed by atoms with Gasteiger partial charge in [0.25, 0.3) is 0 Å². The largest absolute Gasteiger partial charge is 0.381 e. The van der Waals surface area contributed by atoms with E-state index in [0.717, 1.165) is 39.1 Å². The molecule has 0 aliphatic carbocycles. The van der Waals surface area contributed by atoms with E-state index >= 15 is 0 Å². The summed E-state index contributed by atoms with van der Waals surface area (Å²) in [7, 11) is 0. The second-order valence-electron chi connectivity index (χ2n) is 6.66. The zero-order chi connectivity index (χ0) is 16.1. The second kappa shape index (κ2) is 7.90. The zero-order valence-electron chi connectivity index (χ0n) is 13.6. The predicted octanol–water partition coefficient (Wildman–Crippen LogP) is 0.956. The van der Waals surface area contributed by atoms with Gasteiger partial charge in [-0.25, -0.2) is 0 Å². The molecule has 0 radical (unpaired) electrons. The number of benzene rings is 1. The Kier molecular flexibility index (Phi) is 5.65. The summed E-state index contributed by atoms with van der Waals surface area (Å²) in [6.07, 6.45) is 1.84. The third kappa shape index (κ3) is 4.31. The van der Waals surface area contributed by atoms with Crippen LogP contribution in [0.25, 0.3) is 0 Å². The van der Waals surface area contributed by atoms with Crippen molar-refractivity contribution in [1.29, 1.82) is 0 Å². The van der Waals surface area contributed by atoms with Crippen LogP contribution in [0.15, 0.2) is 30.3 Å². The minimum absolute atomic E-state index is 0.126. The fraction of sp³-hybridized carbons (Fsp3) is 0.611. The Balaban J connectivity index is 1.53. The van der Waals surface area contributed by atoms with E-state index in [1.807, 2.05) is 6.07 Å². The summed E-state index contributed by atoms with van der Waals surface area (Å²) in [5, 5.41) is 3.14. The average molecular weight is 317 g/mol. The molecule has 126 valence electrons. The van der Waals surface area contributed by atoms with Crippen molar-refractivity contribution in [3.05, 3.63) is 35.9 Å². The first-order valence-electron chi connectivity index (χ1n) is 8.60. The highest BCUT2D eigenvalue weighted by Gasteiger charge is 2.33. The molecule has 23 heavy (non-hydrogen) atoms. The van der Waals surface area contributed by atoms with Gasteiger partial charge in [0.05, 0.1) is 6.54 Å². The minimum atomic E-state index is 0.126. The highest BCUT2D eigenvalue weighted by atomic mass is 16.5. The number of hydrogen-bond acceptors (Lipinski definition) is 4. The van der Waals surface area contributed by atoms with E-state index in [9.17, 15) is 4.79 Å². The van der Waals surface area contributed by atoms with Gasteiger partial charge in [0.15, 0.2) is 0 Å². The molecule has 3 rings (SSSR count). The zero-order valence-corrected chi connectivity index (χ0v) is 13.6. The van der Waals surface area contributed by atoms with Crippen LogP contribution in [-0.2, 0) is 9.53 Å². The molecule has 2 heterocycles. The van der Waals surface area contributed by atoms with E-state index in [-0.39, 0.29) is 11.9 Å². The van der Waals surface area contributed by atoms with Crippen molar-refractivity contribution in [2.75, 3.05) is 39.4 Å². The lowest BCUT2D eigenvalue weighted by Gasteiger charge is -2.24. The van der Waals surface area contributed by atoms with Crippen LogP contribution in [0.3, 0.4) is 0 Å². The Hall–Kier alpha value is -1.43. The molecule has 0 saturated carbocycles. The number of ether oxygens (including phenoxy) is 1. The number of rotatable bonds is 5. The Morgan fingerprint density at radius 3 is 2.65 bits per heavy atom. The summed E-state index contributed by atoms with van der Waals surface area (Å²) >= 11 is 0. The maximum absolute atomic E-state index is 12.3. The fourth-order valence-electron chi connectivity index (χ4n) is 3.72. The number of nitrogens with one attached hydrogen (secondary N) is 1. The van der Waals surface area contributed by atoms with Gasteiger partial charge in [0, 0.05) is 38.3 Å². The van der Waals surface area contributed by atoms with Crippen molar-refractivity contribution in [2.45, 2.75) is 24.8 Å². The lowest BCUT2D eigenvalue weighted by molar-refractivity contribution is -0.123. The van der Waals surface area contributed by atoms with E-state index < -0.39 is 0 Å². The standard InChI is InChI=1S/C18H27N3O2/c19-10-15-11-21(12-17(15)14-4-2-1-3-5-14)13-18(22)20-16-6-8-23-9-7-16/h1-5,15-17H,6-13,19H2,(H,20,22)/t15-,17+/m1/s1. The molecule has 0 unspecified atom stereocenters.